The summed E-state index contributed by atoms with van der Waals surface area (Å²) < 4.78 is 0. The van der Waals surface area contributed by atoms with Gasteiger partial charge < -0.3 is 10.6 Å². The minimum atomic E-state index is 0.773. The van der Waals surface area contributed by atoms with Crippen LogP contribution in [0.25, 0.3) is 0 Å². The van der Waals surface area contributed by atoms with Gasteiger partial charge in [0.15, 0.2) is 5.96 Å². The molecular formula is C22H30N4. The van der Waals surface area contributed by atoms with Crippen molar-refractivity contribution in [2.45, 2.75) is 39.4 Å². The molecule has 138 valence electrons. The second-order valence-corrected chi connectivity index (χ2v) is 7.06. The molecular weight excluding hydrogens is 320 g/mol. The van der Waals surface area contributed by atoms with Gasteiger partial charge in [-0.3, -0.25) is 9.89 Å². The van der Waals surface area contributed by atoms with Crippen LogP contribution in [-0.2, 0) is 19.6 Å². The number of likely N-dealkylation sites (tertiary alicyclic amines) is 1. The molecule has 0 bridgehead atoms. The Kier molecular flexibility index (Phi) is 6.67. The normalized spacial score (nSPS) is 15.2. The molecule has 2 aromatic rings. The zero-order valence-corrected chi connectivity index (χ0v) is 16.0. The lowest BCUT2D eigenvalue weighted by Gasteiger charge is -2.15. The van der Waals surface area contributed by atoms with E-state index in [1.165, 1.54) is 48.2 Å². The van der Waals surface area contributed by atoms with E-state index in [-0.39, 0.29) is 0 Å². The predicted octanol–water partition coefficient (Wildman–Crippen LogP) is 3.46. The largest absolute Gasteiger partial charge is 0.352 e. The predicted molar refractivity (Wildman–Crippen MR) is 109 cm³/mol. The standard InChI is InChI=1S/C22H30N4/c1-18-5-7-19(8-6-18)15-24-22(23-2)25-16-20-9-11-21(12-10-20)17-26-13-3-4-14-26/h5-12H,3-4,13-17H2,1-2H3,(H2,23,24,25). The number of hydrogen-bond donors (Lipinski definition) is 2. The Bertz CT molecular complexity index is 698. The van der Waals surface area contributed by atoms with Crippen molar-refractivity contribution in [2.75, 3.05) is 20.1 Å². The molecule has 1 aliphatic rings. The van der Waals surface area contributed by atoms with E-state index in [0.29, 0.717) is 0 Å². The van der Waals surface area contributed by atoms with E-state index in [0.717, 1.165) is 25.6 Å². The van der Waals surface area contributed by atoms with Gasteiger partial charge in [-0.15, -0.1) is 0 Å². The topological polar surface area (TPSA) is 39.7 Å². The molecule has 1 heterocycles. The van der Waals surface area contributed by atoms with Crippen molar-refractivity contribution in [1.82, 2.24) is 15.5 Å². The highest BCUT2D eigenvalue weighted by molar-refractivity contribution is 5.79. The lowest BCUT2D eigenvalue weighted by atomic mass is 10.1. The van der Waals surface area contributed by atoms with Gasteiger partial charge >= 0.3 is 0 Å². The summed E-state index contributed by atoms with van der Waals surface area (Å²) in [6.45, 7) is 7.21. The molecule has 0 unspecified atom stereocenters. The second-order valence-electron chi connectivity index (χ2n) is 7.06. The third kappa shape index (κ3) is 5.60. The van der Waals surface area contributed by atoms with Gasteiger partial charge in [0, 0.05) is 26.7 Å². The van der Waals surface area contributed by atoms with Crippen LogP contribution >= 0.6 is 0 Å². The van der Waals surface area contributed by atoms with Gasteiger partial charge in [-0.05, 0) is 49.5 Å². The van der Waals surface area contributed by atoms with E-state index in [1.807, 2.05) is 7.05 Å². The van der Waals surface area contributed by atoms with E-state index in [9.17, 15) is 0 Å². The van der Waals surface area contributed by atoms with E-state index < -0.39 is 0 Å². The summed E-state index contributed by atoms with van der Waals surface area (Å²) in [6.07, 6.45) is 2.69. The number of aryl methyl sites for hydroxylation is 1. The van der Waals surface area contributed by atoms with Crippen molar-refractivity contribution in [2.24, 2.45) is 4.99 Å². The SMILES string of the molecule is CN=C(NCc1ccc(C)cc1)NCc1ccc(CN2CCCC2)cc1. The van der Waals surface area contributed by atoms with Gasteiger partial charge in [-0.25, -0.2) is 0 Å². The third-order valence-corrected chi connectivity index (χ3v) is 4.89. The number of aliphatic imine (C=N–C) groups is 1. The quantitative estimate of drug-likeness (QED) is 0.619. The van der Waals surface area contributed by atoms with Crippen LogP contribution in [0.4, 0.5) is 0 Å². The lowest BCUT2D eigenvalue weighted by molar-refractivity contribution is 0.331. The number of rotatable bonds is 6. The number of hydrogen-bond acceptors (Lipinski definition) is 2. The summed E-state index contributed by atoms with van der Waals surface area (Å²) in [6, 6.07) is 17.5. The van der Waals surface area contributed by atoms with Gasteiger partial charge in [0.05, 0.1) is 0 Å². The maximum Gasteiger partial charge on any atom is 0.191 e. The number of nitrogens with one attached hydrogen (secondary N) is 2. The van der Waals surface area contributed by atoms with Crippen molar-refractivity contribution in [3.05, 3.63) is 70.8 Å². The van der Waals surface area contributed by atoms with Crippen LogP contribution < -0.4 is 10.6 Å². The van der Waals surface area contributed by atoms with Crippen molar-refractivity contribution < 1.29 is 0 Å². The first-order chi connectivity index (χ1) is 12.7. The minimum Gasteiger partial charge on any atom is -0.352 e. The molecule has 0 saturated carbocycles. The zero-order chi connectivity index (χ0) is 18.2. The average Bonchev–Trinajstić information content (AvgIpc) is 3.17. The van der Waals surface area contributed by atoms with Gasteiger partial charge in [-0.1, -0.05) is 54.1 Å². The van der Waals surface area contributed by atoms with Gasteiger partial charge in [-0.2, -0.15) is 0 Å². The monoisotopic (exact) mass is 350 g/mol. The highest BCUT2D eigenvalue weighted by Crippen LogP contribution is 2.13. The van der Waals surface area contributed by atoms with Crippen molar-refractivity contribution >= 4 is 5.96 Å². The molecule has 2 N–H and O–H groups in total. The van der Waals surface area contributed by atoms with E-state index in [1.54, 1.807) is 0 Å². The molecule has 4 nitrogen and oxygen atoms in total. The molecule has 2 aromatic carbocycles. The zero-order valence-electron chi connectivity index (χ0n) is 16.0. The Hall–Kier alpha value is -2.33. The summed E-state index contributed by atoms with van der Waals surface area (Å²) >= 11 is 0. The van der Waals surface area contributed by atoms with Gasteiger partial charge in [0.1, 0.15) is 0 Å². The smallest absolute Gasteiger partial charge is 0.191 e. The second kappa shape index (κ2) is 9.39. The maximum atomic E-state index is 4.31. The van der Waals surface area contributed by atoms with Crippen LogP contribution in [0.15, 0.2) is 53.5 Å². The number of nitrogens with zero attached hydrogens (tertiary/aromatic N) is 2. The Balaban J connectivity index is 1.44. The molecule has 0 spiro atoms. The van der Waals surface area contributed by atoms with Crippen molar-refractivity contribution in [3.8, 4) is 0 Å². The fraction of sp³-hybridized carbons (Fsp3) is 0.409. The molecule has 0 amide bonds. The van der Waals surface area contributed by atoms with Gasteiger partial charge in [0.25, 0.3) is 0 Å². The summed E-state index contributed by atoms with van der Waals surface area (Å²) in [4.78, 5) is 6.84. The van der Waals surface area contributed by atoms with Gasteiger partial charge in [0.2, 0.25) is 0 Å². The van der Waals surface area contributed by atoms with Crippen LogP contribution in [0.5, 0.6) is 0 Å². The first-order valence-corrected chi connectivity index (χ1v) is 9.53. The Labute approximate surface area is 157 Å². The van der Waals surface area contributed by atoms with Crippen LogP contribution in [-0.4, -0.2) is 31.0 Å². The van der Waals surface area contributed by atoms with Crippen LogP contribution in [0, 0.1) is 6.92 Å². The highest BCUT2D eigenvalue weighted by Gasteiger charge is 2.11. The van der Waals surface area contributed by atoms with Crippen LogP contribution in [0.1, 0.15) is 35.1 Å². The molecule has 1 saturated heterocycles. The summed E-state index contributed by atoms with van der Waals surface area (Å²) in [7, 11) is 1.81. The fourth-order valence-electron chi connectivity index (χ4n) is 3.26. The van der Waals surface area contributed by atoms with Crippen molar-refractivity contribution in [3.63, 3.8) is 0 Å². The first-order valence-electron chi connectivity index (χ1n) is 9.53. The fourth-order valence-corrected chi connectivity index (χ4v) is 3.26. The summed E-state index contributed by atoms with van der Waals surface area (Å²) in [5.41, 5.74) is 5.21. The Morgan fingerprint density at radius 3 is 1.88 bits per heavy atom. The molecule has 0 aliphatic carbocycles. The maximum absolute atomic E-state index is 4.31. The van der Waals surface area contributed by atoms with Crippen LogP contribution in [0.3, 0.4) is 0 Å². The molecule has 3 rings (SSSR count). The Morgan fingerprint density at radius 1 is 0.846 bits per heavy atom. The average molecular weight is 351 g/mol. The summed E-state index contributed by atoms with van der Waals surface area (Å²) in [5, 5.41) is 6.76. The number of benzene rings is 2. The molecule has 0 radical (unpaired) electrons. The van der Waals surface area contributed by atoms with E-state index in [2.05, 4.69) is 76.0 Å². The number of guanidine groups is 1. The first kappa shape index (κ1) is 18.5. The molecule has 0 aromatic heterocycles. The highest BCUT2D eigenvalue weighted by atomic mass is 15.2. The minimum absolute atomic E-state index is 0.773. The van der Waals surface area contributed by atoms with Crippen LogP contribution in [0.2, 0.25) is 0 Å². The lowest BCUT2D eigenvalue weighted by Crippen LogP contribution is -2.36. The molecule has 0 atom stereocenters. The Morgan fingerprint density at radius 2 is 1.35 bits per heavy atom. The molecule has 4 heteroatoms. The van der Waals surface area contributed by atoms with Crippen molar-refractivity contribution in [1.29, 1.82) is 0 Å². The summed E-state index contributed by atoms with van der Waals surface area (Å²) in [5.74, 6) is 0.826. The molecule has 26 heavy (non-hydrogen) atoms. The molecule has 1 aliphatic heterocycles. The molecule has 1 fully saturated rings. The van der Waals surface area contributed by atoms with E-state index >= 15 is 0 Å². The third-order valence-electron chi connectivity index (χ3n) is 4.89. The van der Waals surface area contributed by atoms with E-state index in [4.69, 9.17) is 0 Å².